The third-order valence-corrected chi connectivity index (χ3v) is 8.52. The van der Waals surface area contributed by atoms with Gasteiger partial charge >= 0.3 is 0 Å². The van der Waals surface area contributed by atoms with Gasteiger partial charge in [0.15, 0.2) is 0 Å². The lowest BCUT2D eigenvalue weighted by Crippen LogP contribution is -2.52. The summed E-state index contributed by atoms with van der Waals surface area (Å²) in [5.74, 6) is -0.718. The molecule has 1 atom stereocenters. The van der Waals surface area contributed by atoms with Crippen LogP contribution < -0.4 is 9.62 Å². The Bertz CT molecular complexity index is 1370. The van der Waals surface area contributed by atoms with Gasteiger partial charge in [-0.05, 0) is 80.6 Å². The highest BCUT2D eigenvalue weighted by molar-refractivity contribution is 7.92. The molecule has 0 saturated heterocycles. The molecule has 3 aromatic carbocycles. The summed E-state index contributed by atoms with van der Waals surface area (Å²) in [5.41, 5.74) is 4.20. The summed E-state index contributed by atoms with van der Waals surface area (Å²) in [6.45, 7) is 9.65. The van der Waals surface area contributed by atoms with Crippen LogP contribution in [-0.4, -0.2) is 44.3 Å². The van der Waals surface area contributed by atoms with Crippen LogP contribution in [0.5, 0.6) is 0 Å². The summed E-state index contributed by atoms with van der Waals surface area (Å²) in [6.07, 6.45) is 0.387. The van der Waals surface area contributed by atoms with Crippen LogP contribution in [0, 0.1) is 20.8 Å². The molecule has 0 unspecified atom stereocenters. The molecule has 3 rings (SSSR count). The zero-order valence-corrected chi connectivity index (χ0v) is 23.6. The number of hydrogen-bond acceptors (Lipinski definition) is 4. The maximum Gasteiger partial charge on any atom is 0.264 e. The van der Waals surface area contributed by atoms with Crippen LogP contribution in [0.25, 0.3) is 0 Å². The first-order valence-corrected chi connectivity index (χ1v) is 14.3. The largest absolute Gasteiger partial charge is 0.355 e. The Balaban J connectivity index is 2.08. The molecule has 0 aliphatic carbocycles. The SMILES string of the molecule is CCNC(=O)[C@@H](CC)N(Cc1ccccc1C)C(=O)CN(c1ccc(C)c(C)c1)S(=O)(=O)c1ccccc1. The average Bonchev–Trinajstić information content (AvgIpc) is 2.90. The lowest BCUT2D eigenvalue weighted by molar-refractivity contribution is -0.140. The number of amides is 2. The molecule has 0 saturated carbocycles. The van der Waals surface area contributed by atoms with E-state index >= 15 is 0 Å². The smallest absolute Gasteiger partial charge is 0.264 e. The van der Waals surface area contributed by atoms with Gasteiger partial charge in [0.05, 0.1) is 10.6 Å². The van der Waals surface area contributed by atoms with Gasteiger partial charge in [-0.25, -0.2) is 8.42 Å². The van der Waals surface area contributed by atoms with E-state index in [1.165, 1.54) is 17.0 Å². The Labute approximate surface area is 226 Å². The third-order valence-electron chi connectivity index (χ3n) is 6.73. The van der Waals surface area contributed by atoms with Crippen molar-refractivity contribution in [2.24, 2.45) is 0 Å². The fourth-order valence-corrected chi connectivity index (χ4v) is 5.74. The van der Waals surface area contributed by atoms with Crippen molar-refractivity contribution in [2.45, 2.75) is 58.5 Å². The molecule has 1 N–H and O–H groups in total. The van der Waals surface area contributed by atoms with E-state index < -0.39 is 28.5 Å². The van der Waals surface area contributed by atoms with Crippen molar-refractivity contribution >= 4 is 27.5 Å². The van der Waals surface area contributed by atoms with Crippen LogP contribution in [0.1, 0.15) is 42.5 Å². The van der Waals surface area contributed by atoms with Crippen LogP contribution in [0.15, 0.2) is 77.7 Å². The highest BCUT2D eigenvalue weighted by Crippen LogP contribution is 2.27. The third kappa shape index (κ3) is 6.61. The van der Waals surface area contributed by atoms with E-state index in [-0.39, 0.29) is 17.3 Å². The zero-order chi connectivity index (χ0) is 27.9. The normalized spacial score (nSPS) is 12.0. The topological polar surface area (TPSA) is 86.8 Å². The predicted octanol–water partition coefficient (Wildman–Crippen LogP) is 4.75. The minimum absolute atomic E-state index is 0.0900. The first kappa shape index (κ1) is 28.9. The number of nitrogens with one attached hydrogen (secondary N) is 1. The van der Waals surface area contributed by atoms with Crippen molar-refractivity contribution in [1.29, 1.82) is 0 Å². The first-order valence-electron chi connectivity index (χ1n) is 12.9. The number of carbonyl (C=O) groups excluding carboxylic acids is 2. The number of rotatable bonds is 11. The Morgan fingerprint density at radius 3 is 2.11 bits per heavy atom. The maximum atomic E-state index is 14.0. The highest BCUT2D eigenvalue weighted by Gasteiger charge is 2.33. The minimum Gasteiger partial charge on any atom is -0.355 e. The van der Waals surface area contributed by atoms with Gasteiger partial charge in [0, 0.05) is 13.1 Å². The van der Waals surface area contributed by atoms with Gasteiger partial charge in [0.2, 0.25) is 11.8 Å². The molecule has 2 amide bonds. The summed E-state index contributed by atoms with van der Waals surface area (Å²) in [4.78, 5) is 28.6. The number of sulfonamides is 1. The van der Waals surface area contributed by atoms with Gasteiger partial charge < -0.3 is 10.2 Å². The summed E-state index contributed by atoms with van der Waals surface area (Å²) in [7, 11) is -4.07. The van der Waals surface area contributed by atoms with Crippen molar-refractivity contribution in [3.05, 3.63) is 95.1 Å². The highest BCUT2D eigenvalue weighted by atomic mass is 32.2. The molecule has 0 aliphatic rings. The molecule has 0 bridgehead atoms. The van der Waals surface area contributed by atoms with E-state index in [1.54, 1.807) is 30.3 Å². The molecule has 38 heavy (non-hydrogen) atoms. The van der Waals surface area contributed by atoms with Crippen LogP contribution in [0.4, 0.5) is 5.69 Å². The molecular weight excluding hydrogens is 498 g/mol. The second-order valence-corrected chi connectivity index (χ2v) is 11.2. The lowest BCUT2D eigenvalue weighted by Gasteiger charge is -2.33. The number of carbonyl (C=O) groups is 2. The number of anilines is 1. The van der Waals surface area contributed by atoms with E-state index in [0.29, 0.717) is 18.7 Å². The van der Waals surface area contributed by atoms with Crippen molar-refractivity contribution < 1.29 is 18.0 Å². The molecule has 3 aromatic rings. The van der Waals surface area contributed by atoms with Gasteiger partial charge in [-0.1, -0.05) is 55.5 Å². The van der Waals surface area contributed by atoms with Crippen LogP contribution in [0.2, 0.25) is 0 Å². The van der Waals surface area contributed by atoms with Gasteiger partial charge in [-0.15, -0.1) is 0 Å². The molecule has 0 fully saturated rings. The van der Waals surface area contributed by atoms with E-state index in [1.807, 2.05) is 65.0 Å². The molecule has 0 aliphatic heterocycles. The Morgan fingerprint density at radius 2 is 1.50 bits per heavy atom. The fourth-order valence-electron chi connectivity index (χ4n) is 4.31. The van der Waals surface area contributed by atoms with Gasteiger partial charge in [0.1, 0.15) is 12.6 Å². The molecule has 0 heterocycles. The Hall–Kier alpha value is -3.65. The molecule has 0 radical (unpaired) electrons. The molecule has 7 nitrogen and oxygen atoms in total. The second kappa shape index (κ2) is 12.7. The van der Waals surface area contributed by atoms with E-state index in [2.05, 4.69) is 5.32 Å². The summed E-state index contributed by atoms with van der Waals surface area (Å²) < 4.78 is 28.8. The van der Waals surface area contributed by atoms with Crippen molar-refractivity contribution in [1.82, 2.24) is 10.2 Å². The average molecular weight is 536 g/mol. The minimum atomic E-state index is -4.07. The Kier molecular flexibility index (Phi) is 9.69. The number of benzene rings is 3. The van der Waals surface area contributed by atoms with Crippen molar-refractivity contribution in [3.63, 3.8) is 0 Å². The van der Waals surface area contributed by atoms with Crippen LogP contribution in [0.3, 0.4) is 0 Å². The van der Waals surface area contributed by atoms with Gasteiger partial charge in [0.25, 0.3) is 10.0 Å². The van der Waals surface area contributed by atoms with Crippen molar-refractivity contribution in [2.75, 3.05) is 17.4 Å². The van der Waals surface area contributed by atoms with Crippen LogP contribution in [-0.2, 0) is 26.2 Å². The lowest BCUT2D eigenvalue weighted by atomic mass is 10.1. The molecular formula is C30H37N3O4S. The molecule has 0 aromatic heterocycles. The molecule has 8 heteroatoms. The van der Waals surface area contributed by atoms with E-state index in [9.17, 15) is 18.0 Å². The quantitative estimate of drug-likeness (QED) is 0.384. The number of likely N-dealkylation sites (N-methyl/N-ethyl adjacent to an activating group) is 1. The van der Waals surface area contributed by atoms with E-state index in [4.69, 9.17) is 0 Å². The maximum absolute atomic E-state index is 14.0. The standard InChI is InChI=1S/C30H37N3O4S/c1-6-28(30(35)31-7-2)32(20-25-14-12-11-13-23(25)4)29(34)21-33(26-18-17-22(3)24(5)19-26)38(36,37)27-15-9-8-10-16-27/h8-19,28H,6-7,20-21H2,1-5H3,(H,31,35)/t28-/m1/s1. The first-order chi connectivity index (χ1) is 18.1. The molecule has 202 valence electrons. The summed E-state index contributed by atoms with van der Waals surface area (Å²) in [5, 5.41) is 2.82. The number of aryl methyl sites for hydroxylation is 3. The number of hydrogen-bond donors (Lipinski definition) is 1. The number of nitrogens with zero attached hydrogens (tertiary/aromatic N) is 2. The second-order valence-electron chi connectivity index (χ2n) is 9.36. The van der Waals surface area contributed by atoms with Gasteiger partial charge in [-0.3, -0.25) is 13.9 Å². The van der Waals surface area contributed by atoms with Gasteiger partial charge in [-0.2, -0.15) is 0 Å². The molecule has 0 spiro atoms. The van der Waals surface area contributed by atoms with E-state index in [0.717, 1.165) is 26.6 Å². The Morgan fingerprint density at radius 1 is 0.842 bits per heavy atom. The summed E-state index contributed by atoms with van der Waals surface area (Å²) in [6, 6.07) is 20.3. The summed E-state index contributed by atoms with van der Waals surface area (Å²) >= 11 is 0. The van der Waals surface area contributed by atoms with Crippen molar-refractivity contribution in [3.8, 4) is 0 Å². The fraction of sp³-hybridized carbons (Fsp3) is 0.333. The van der Waals surface area contributed by atoms with Crippen LogP contribution >= 0.6 is 0 Å². The monoisotopic (exact) mass is 535 g/mol. The predicted molar refractivity (Wildman–Crippen MR) is 151 cm³/mol. The zero-order valence-electron chi connectivity index (χ0n) is 22.8.